The SMILES string of the molecule is O=C(COC(=O)CCCSc1nc2ccccc2s1)Nc1ccc(F)cc1. The number of hydrogen-bond acceptors (Lipinski definition) is 6. The Morgan fingerprint density at radius 1 is 1.15 bits per heavy atom. The van der Waals surface area contributed by atoms with E-state index in [1.807, 2.05) is 24.3 Å². The van der Waals surface area contributed by atoms with Gasteiger partial charge in [0.1, 0.15) is 5.82 Å². The molecule has 0 atom stereocenters. The minimum atomic E-state index is -0.459. The number of rotatable bonds is 8. The summed E-state index contributed by atoms with van der Waals surface area (Å²) < 4.78 is 19.9. The molecule has 5 nitrogen and oxygen atoms in total. The lowest BCUT2D eigenvalue weighted by molar-refractivity contribution is -0.147. The van der Waals surface area contributed by atoms with Gasteiger partial charge < -0.3 is 10.1 Å². The zero-order chi connectivity index (χ0) is 19.1. The van der Waals surface area contributed by atoms with Crippen molar-refractivity contribution in [2.75, 3.05) is 17.7 Å². The van der Waals surface area contributed by atoms with Crippen LogP contribution in [0.1, 0.15) is 12.8 Å². The second kappa shape index (κ2) is 9.48. The normalized spacial score (nSPS) is 10.7. The van der Waals surface area contributed by atoms with Crippen molar-refractivity contribution in [1.29, 1.82) is 0 Å². The third-order valence-corrected chi connectivity index (χ3v) is 5.78. The number of benzene rings is 2. The summed E-state index contributed by atoms with van der Waals surface area (Å²) in [6, 6.07) is 13.3. The monoisotopic (exact) mass is 404 g/mol. The number of hydrogen-bond donors (Lipinski definition) is 1. The Morgan fingerprint density at radius 3 is 2.70 bits per heavy atom. The van der Waals surface area contributed by atoms with Gasteiger partial charge in [0, 0.05) is 17.9 Å². The Kier molecular flexibility index (Phi) is 6.78. The summed E-state index contributed by atoms with van der Waals surface area (Å²) in [7, 11) is 0. The maximum Gasteiger partial charge on any atom is 0.306 e. The van der Waals surface area contributed by atoms with Gasteiger partial charge in [-0.2, -0.15) is 0 Å². The van der Waals surface area contributed by atoms with E-state index in [1.165, 1.54) is 24.3 Å². The van der Waals surface area contributed by atoms with Crippen molar-refractivity contribution in [2.24, 2.45) is 0 Å². The lowest BCUT2D eigenvalue weighted by Gasteiger charge is -2.06. The molecule has 1 aromatic heterocycles. The highest BCUT2D eigenvalue weighted by Crippen LogP contribution is 2.29. The van der Waals surface area contributed by atoms with E-state index in [0.29, 0.717) is 12.1 Å². The van der Waals surface area contributed by atoms with E-state index in [-0.39, 0.29) is 18.8 Å². The van der Waals surface area contributed by atoms with E-state index in [1.54, 1.807) is 23.1 Å². The third kappa shape index (κ3) is 6.04. The second-order valence-electron chi connectivity index (χ2n) is 5.62. The topological polar surface area (TPSA) is 68.3 Å². The van der Waals surface area contributed by atoms with E-state index < -0.39 is 11.9 Å². The molecule has 0 aliphatic heterocycles. The largest absolute Gasteiger partial charge is 0.456 e. The van der Waals surface area contributed by atoms with E-state index in [4.69, 9.17) is 4.74 Å². The zero-order valence-corrected chi connectivity index (χ0v) is 15.9. The zero-order valence-electron chi connectivity index (χ0n) is 14.3. The molecule has 140 valence electrons. The Balaban J connectivity index is 1.32. The maximum absolute atomic E-state index is 12.8. The summed E-state index contributed by atoms with van der Waals surface area (Å²) in [5.41, 5.74) is 1.43. The summed E-state index contributed by atoms with van der Waals surface area (Å²) in [5, 5.41) is 2.53. The number of fused-ring (bicyclic) bond motifs is 1. The Bertz CT molecular complexity index is 895. The van der Waals surface area contributed by atoms with Gasteiger partial charge in [-0.05, 0) is 42.8 Å². The predicted molar refractivity (Wildman–Crippen MR) is 106 cm³/mol. The molecule has 27 heavy (non-hydrogen) atoms. The van der Waals surface area contributed by atoms with Gasteiger partial charge in [0.25, 0.3) is 5.91 Å². The smallest absolute Gasteiger partial charge is 0.306 e. The number of nitrogens with zero attached hydrogens (tertiary/aromatic N) is 1. The summed E-state index contributed by atoms with van der Waals surface area (Å²) in [6.45, 7) is -0.360. The van der Waals surface area contributed by atoms with Crippen molar-refractivity contribution in [1.82, 2.24) is 4.98 Å². The molecule has 3 aromatic rings. The summed E-state index contributed by atoms with van der Waals surface area (Å²) in [6.07, 6.45) is 0.876. The molecule has 1 amide bonds. The molecule has 0 bridgehead atoms. The highest BCUT2D eigenvalue weighted by Gasteiger charge is 2.09. The molecule has 0 unspecified atom stereocenters. The number of ether oxygens (including phenoxy) is 1. The van der Waals surface area contributed by atoms with Gasteiger partial charge in [0.15, 0.2) is 10.9 Å². The van der Waals surface area contributed by atoms with E-state index in [0.717, 1.165) is 20.3 Å². The number of aromatic nitrogens is 1. The number of carbonyl (C=O) groups excluding carboxylic acids is 2. The number of carbonyl (C=O) groups is 2. The second-order valence-corrected chi connectivity index (χ2v) is 7.99. The highest BCUT2D eigenvalue weighted by atomic mass is 32.2. The van der Waals surface area contributed by atoms with Gasteiger partial charge in [0.2, 0.25) is 0 Å². The van der Waals surface area contributed by atoms with Crippen molar-refractivity contribution >= 4 is 50.9 Å². The molecule has 0 fully saturated rings. The van der Waals surface area contributed by atoms with Crippen LogP contribution >= 0.6 is 23.1 Å². The number of thioether (sulfide) groups is 1. The minimum Gasteiger partial charge on any atom is -0.456 e. The first-order chi connectivity index (χ1) is 13.1. The lowest BCUT2D eigenvalue weighted by Crippen LogP contribution is -2.20. The van der Waals surface area contributed by atoms with Gasteiger partial charge >= 0.3 is 5.97 Å². The first kappa shape index (κ1) is 19.3. The van der Waals surface area contributed by atoms with Crippen molar-refractivity contribution < 1.29 is 18.7 Å². The van der Waals surface area contributed by atoms with E-state index in [2.05, 4.69) is 10.3 Å². The van der Waals surface area contributed by atoms with Crippen LogP contribution < -0.4 is 5.32 Å². The maximum atomic E-state index is 12.8. The van der Waals surface area contributed by atoms with Crippen molar-refractivity contribution in [3.05, 3.63) is 54.3 Å². The lowest BCUT2D eigenvalue weighted by atomic mass is 10.3. The van der Waals surface area contributed by atoms with Crippen LogP contribution in [-0.2, 0) is 14.3 Å². The molecule has 3 rings (SSSR count). The number of thiazole rings is 1. The fraction of sp³-hybridized carbons (Fsp3) is 0.211. The highest BCUT2D eigenvalue weighted by molar-refractivity contribution is 8.01. The quantitative estimate of drug-likeness (QED) is 0.340. The van der Waals surface area contributed by atoms with Crippen LogP contribution in [0.5, 0.6) is 0 Å². The van der Waals surface area contributed by atoms with Crippen molar-refractivity contribution in [3.63, 3.8) is 0 Å². The third-order valence-electron chi connectivity index (χ3n) is 3.52. The number of halogens is 1. The van der Waals surface area contributed by atoms with Gasteiger partial charge in [-0.1, -0.05) is 23.9 Å². The van der Waals surface area contributed by atoms with Crippen LogP contribution in [0, 0.1) is 5.82 Å². The summed E-state index contributed by atoms with van der Waals surface area (Å²) >= 11 is 3.24. The fourth-order valence-electron chi connectivity index (χ4n) is 2.24. The molecule has 0 saturated carbocycles. The fourth-order valence-corrected chi connectivity index (χ4v) is 4.32. The van der Waals surface area contributed by atoms with Crippen molar-refractivity contribution in [3.8, 4) is 0 Å². The van der Waals surface area contributed by atoms with Crippen LogP contribution in [-0.4, -0.2) is 29.2 Å². The van der Waals surface area contributed by atoms with Crippen LogP contribution in [0.4, 0.5) is 10.1 Å². The van der Waals surface area contributed by atoms with E-state index in [9.17, 15) is 14.0 Å². The first-order valence-corrected chi connectivity index (χ1v) is 10.1. The number of para-hydroxylation sites is 1. The summed E-state index contributed by atoms with van der Waals surface area (Å²) in [5.74, 6) is -0.521. The van der Waals surface area contributed by atoms with Crippen LogP contribution in [0.15, 0.2) is 52.9 Å². The van der Waals surface area contributed by atoms with E-state index >= 15 is 0 Å². The molecule has 2 aromatic carbocycles. The van der Waals surface area contributed by atoms with Gasteiger partial charge in [0.05, 0.1) is 10.2 Å². The van der Waals surface area contributed by atoms with Crippen molar-refractivity contribution in [2.45, 2.75) is 17.2 Å². The van der Waals surface area contributed by atoms with Crippen LogP contribution in [0.3, 0.4) is 0 Å². The molecule has 8 heteroatoms. The first-order valence-electron chi connectivity index (χ1n) is 8.29. The average molecular weight is 404 g/mol. The van der Waals surface area contributed by atoms with Gasteiger partial charge in [-0.15, -0.1) is 11.3 Å². The number of amides is 1. The molecular formula is C19H17FN2O3S2. The molecule has 0 aliphatic rings. The molecule has 1 heterocycles. The molecule has 0 radical (unpaired) electrons. The van der Waals surface area contributed by atoms with Crippen LogP contribution in [0.2, 0.25) is 0 Å². The molecular weight excluding hydrogens is 387 g/mol. The predicted octanol–water partition coefficient (Wildman–Crippen LogP) is 4.49. The van der Waals surface area contributed by atoms with Gasteiger partial charge in [-0.3, -0.25) is 9.59 Å². The summed E-state index contributed by atoms with van der Waals surface area (Å²) in [4.78, 5) is 28.0. The molecule has 1 N–H and O–H groups in total. The minimum absolute atomic E-state index is 0.238. The number of anilines is 1. The average Bonchev–Trinajstić information content (AvgIpc) is 3.08. The Morgan fingerprint density at radius 2 is 1.93 bits per heavy atom. The molecule has 0 aliphatic carbocycles. The van der Waals surface area contributed by atoms with Gasteiger partial charge in [-0.25, -0.2) is 9.37 Å². The standard InChI is InChI=1S/C19H17FN2O3S2/c20-13-7-9-14(10-8-13)21-17(23)12-25-18(24)6-3-11-26-19-22-15-4-1-2-5-16(15)27-19/h1-2,4-5,7-10H,3,6,11-12H2,(H,21,23). The Labute approximate surface area is 163 Å². The molecule has 0 spiro atoms. The number of nitrogens with one attached hydrogen (secondary N) is 1. The number of esters is 1. The Hall–Kier alpha value is -2.45. The molecule has 0 saturated heterocycles. The van der Waals surface area contributed by atoms with Crippen LogP contribution in [0.25, 0.3) is 10.2 Å².